The third-order valence-electron chi connectivity index (χ3n) is 10.6. The molecule has 3 aromatic heterocycles. The van der Waals surface area contributed by atoms with E-state index < -0.39 is 11.2 Å². The highest BCUT2D eigenvalue weighted by Crippen LogP contribution is 2.39. The molecule has 2 aliphatic rings. The number of carbonyl (C=O) groups is 2. The average Bonchev–Trinajstić information content (AvgIpc) is 3.24. The van der Waals surface area contributed by atoms with Crippen LogP contribution in [0.15, 0.2) is 87.7 Å². The number of nitrogens with zero attached hydrogens (tertiary/aromatic N) is 5. The first-order chi connectivity index (χ1) is 27.6. The molecule has 15 heteroatoms. The summed E-state index contributed by atoms with van der Waals surface area (Å²) in [6.45, 7) is 2.13. The maximum Gasteiger partial charge on any atom is 0.333 e. The van der Waals surface area contributed by atoms with Crippen LogP contribution >= 0.6 is 0 Å². The lowest BCUT2D eigenvalue weighted by Gasteiger charge is -2.37. The molecule has 0 spiro atoms. The predicted molar refractivity (Wildman–Crippen MR) is 213 cm³/mol. The van der Waals surface area contributed by atoms with Gasteiger partial charge in [-0.3, -0.25) is 33.7 Å². The van der Waals surface area contributed by atoms with E-state index in [9.17, 15) is 24.0 Å². The molecule has 2 saturated heterocycles. The summed E-state index contributed by atoms with van der Waals surface area (Å²) in [4.78, 5) is 73.6. The fourth-order valence-corrected chi connectivity index (χ4v) is 7.53. The van der Waals surface area contributed by atoms with Crippen LogP contribution in [0.4, 0.5) is 0 Å². The summed E-state index contributed by atoms with van der Waals surface area (Å²) in [6, 6.07) is 11.6. The topological polar surface area (TPSA) is 167 Å². The summed E-state index contributed by atoms with van der Waals surface area (Å²) < 4.78 is 26.2. The highest BCUT2D eigenvalue weighted by atomic mass is 16.5. The van der Waals surface area contributed by atoms with Crippen LogP contribution in [0.3, 0.4) is 0 Å². The molecule has 1 N–H and O–H groups in total. The van der Waals surface area contributed by atoms with E-state index in [1.807, 2.05) is 17.0 Å². The number of pyridine rings is 2. The number of piperidine rings is 2. The number of aromatic nitrogens is 4. The second-order valence-corrected chi connectivity index (χ2v) is 14.0. The van der Waals surface area contributed by atoms with Gasteiger partial charge in [-0.05, 0) is 73.5 Å². The molecule has 0 bridgehead atoms. The molecule has 5 heterocycles. The molecule has 0 saturated carbocycles. The lowest BCUT2D eigenvalue weighted by atomic mass is 9.98. The number of nitrogens with one attached hydrogen (secondary N) is 1. The van der Waals surface area contributed by atoms with Crippen LogP contribution in [-0.4, -0.2) is 100 Å². The summed E-state index contributed by atoms with van der Waals surface area (Å²) in [6.07, 6.45) is 12.3. The van der Waals surface area contributed by atoms with Crippen molar-refractivity contribution in [2.24, 2.45) is 7.05 Å². The fourth-order valence-electron chi connectivity index (χ4n) is 7.53. The number of carbonyl (C=O) groups excluding carboxylic acids is 2. The van der Waals surface area contributed by atoms with E-state index in [1.165, 1.54) is 28.5 Å². The van der Waals surface area contributed by atoms with Crippen molar-refractivity contribution < 1.29 is 28.5 Å². The normalized spacial score (nSPS) is 15.3. The number of rotatable bonds is 10. The van der Waals surface area contributed by atoms with Crippen LogP contribution in [0.2, 0.25) is 0 Å². The lowest BCUT2D eigenvalue weighted by Crippen LogP contribution is -2.44. The number of hydrogen-bond acceptors (Lipinski definition) is 10. The van der Waals surface area contributed by atoms with Crippen molar-refractivity contribution in [2.75, 3.05) is 47.5 Å². The van der Waals surface area contributed by atoms with Gasteiger partial charge in [-0.2, -0.15) is 0 Å². The molecule has 2 fully saturated rings. The predicted octanol–water partition coefficient (Wildman–Crippen LogP) is 3.79. The Hall–Kier alpha value is -6.48. The zero-order chi connectivity index (χ0) is 40.2. The van der Waals surface area contributed by atoms with Gasteiger partial charge in [-0.25, -0.2) is 4.79 Å². The van der Waals surface area contributed by atoms with Gasteiger partial charge in [-0.1, -0.05) is 0 Å². The Kier molecular flexibility index (Phi) is 11.4. The quantitative estimate of drug-likeness (QED) is 0.206. The molecule has 15 nitrogen and oxygen atoms in total. The molecular weight excluding hydrogens is 732 g/mol. The first kappa shape index (κ1) is 38.8. The number of likely N-dealkylation sites (tertiary alicyclic amines) is 2. The van der Waals surface area contributed by atoms with Crippen LogP contribution in [-0.2, 0) is 16.6 Å². The smallest absolute Gasteiger partial charge is 0.333 e. The van der Waals surface area contributed by atoms with E-state index >= 15 is 0 Å². The number of ether oxygens (including phenoxy) is 4. The standard InChI is InChI=1S/C42H44N6O9/c1-45-25-33(30-9-15-43-24-32(30)41(45)52)31-23-36(55-3)26(22-37(31)56-4)6-8-39(50)46-16-10-28(11-17-46)57-29-12-18-47(19-13-29)40(51)27-5-7-35(54-2)34(21-27)48-20-14-38(49)44-42(48)53/h5-9,14-15,20-25,28-29H,10-13,16-19H2,1-4H3,(H,44,49,53). The third kappa shape index (κ3) is 8.10. The molecule has 2 aliphatic heterocycles. The summed E-state index contributed by atoms with van der Waals surface area (Å²) in [5, 5.41) is 1.23. The van der Waals surface area contributed by atoms with Gasteiger partial charge < -0.3 is 33.3 Å². The Morgan fingerprint density at radius 3 is 2.14 bits per heavy atom. The van der Waals surface area contributed by atoms with Crippen molar-refractivity contribution in [3.63, 3.8) is 0 Å². The van der Waals surface area contributed by atoms with Crippen molar-refractivity contribution >= 4 is 28.7 Å². The zero-order valence-electron chi connectivity index (χ0n) is 32.2. The highest BCUT2D eigenvalue weighted by molar-refractivity contribution is 5.98. The van der Waals surface area contributed by atoms with Crippen LogP contribution in [0.1, 0.15) is 41.6 Å². The number of methoxy groups -OCH3 is 3. The van der Waals surface area contributed by atoms with Gasteiger partial charge in [-0.15, -0.1) is 0 Å². The van der Waals surface area contributed by atoms with Crippen LogP contribution < -0.4 is 31.0 Å². The van der Waals surface area contributed by atoms with Crippen LogP contribution in [0.5, 0.6) is 17.2 Å². The van der Waals surface area contributed by atoms with Gasteiger partial charge >= 0.3 is 5.69 Å². The largest absolute Gasteiger partial charge is 0.496 e. The van der Waals surface area contributed by atoms with Crippen molar-refractivity contribution in [3.05, 3.63) is 116 Å². The molecule has 5 aromatic rings. The summed E-state index contributed by atoms with van der Waals surface area (Å²) in [5.41, 5.74) is 1.64. The number of aromatic amines is 1. The van der Waals surface area contributed by atoms with Crippen molar-refractivity contribution in [2.45, 2.75) is 37.9 Å². The van der Waals surface area contributed by atoms with Gasteiger partial charge in [0.2, 0.25) is 5.91 Å². The van der Waals surface area contributed by atoms with E-state index in [0.717, 1.165) is 16.5 Å². The van der Waals surface area contributed by atoms with Gasteiger partial charge in [0.05, 0.1) is 44.6 Å². The molecule has 0 unspecified atom stereocenters. The third-order valence-corrected chi connectivity index (χ3v) is 10.6. The average molecular weight is 777 g/mol. The molecular formula is C42H44N6O9. The summed E-state index contributed by atoms with van der Waals surface area (Å²) >= 11 is 0. The Morgan fingerprint density at radius 2 is 1.47 bits per heavy atom. The lowest BCUT2D eigenvalue weighted by molar-refractivity contribution is -0.129. The minimum Gasteiger partial charge on any atom is -0.496 e. The van der Waals surface area contributed by atoms with Crippen molar-refractivity contribution in [1.82, 2.24) is 28.9 Å². The highest BCUT2D eigenvalue weighted by Gasteiger charge is 2.29. The number of H-pyrrole nitrogens is 1. The number of amides is 2. The maximum absolute atomic E-state index is 13.5. The first-order valence-electron chi connectivity index (χ1n) is 18.7. The monoisotopic (exact) mass is 776 g/mol. The Morgan fingerprint density at radius 1 is 0.789 bits per heavy atom. The van der Waals surface area contributed by atoms with E-state index in [2.05, 4.69) is 9.97 Å². The van der Waals surface area contributed by atoms with E-state index in [-0.39, 0.29) is 29.6 Å². The van der Waals surface area contributed by atoms with Crippen LogP contribution in [0, 0.1) is 0 Å². The van der Waals surface area contributed by atoms with E-state index in [1.54, 1.807) is 81.2 Å². The number of fused-ring (bicyclic) bond motifs is 1. The Balaban J connectivity index is 0.938. The Labute approximate surface area is 327 Å². The Bertz CT molecular complexity index is 2520. The van der Waals surface area contributed by atoms with Gasteiger partial charge in [0.1, 0.15) is 17.2 Å². The number of aryl methyl sites for hydroxylation is 1. The molecule has 0 aliphatic carbocycles. The molecule has 7 rings (SSSR count). The fraction of sp³-hybridized carbons (Fsp3) is 0.333. The minimum atomic E-state index is -0.633. The molecule has 2 aromatic carbocycles. The molecule has 57 heavy (non-hydrogen) atoms. The van der Waals surface area contributed by atoms with E-state index in [0.29, 0.717) is 91.3 Å². The first-order valence-corrected chi connectivity index (χ1v) is 18.7. The zero-order valence-corrected chi connectivity index (χ0v) is 32.2. The molecule has 0 radical (unpaired) electrons. The van der Waals surface area contributed by atoms with Crippen LogP contribution in [0.25, 0.3) is 33.7 Å². The molecule has 296 valence electrons. The second-order valence-electron chi connectivity index (χ2n) is 14.0. The van der Waals surface area contributed by atoms with Gasteiger partial charge in [0.25, 0.3) is 17.0 Å². The molecule has 0 atom stereocenters. The van der Waals surface area contributed by atoms with Gasteiger partial charge in [0, 0.05) is 92.4 Å². The van der Waals surface area contributed by atoms with Crippen molar-refractivity contribution in [3.8, 4) is 34.1 Å². The minimum absolute atomic E-state index is 0.00583. The number of benzene rings is 2. The second kappa shape index (κ2) is 16.7. The number of hydrogen-bond donors (Lipinski definition) is 1. The summed E-state index contributed by atoms with van der Waals surface area (Å²) in [7, 11) is 6.31. The van der Waals surface area contributed by atoms with E-state index in [4.69, 9.17) is 18.9 Å². The van der Waals surface area contributed by atoms with Crippen molar-refractivity contribution in [1.29, 1.82) is 0 Å². The SMILES string of the molecule is COc1cc(-c2cn(C)c(=O)c3cnccc23)c(OC)cc1C=CC(=O)N1CCC(OC2CCN(C(=O)c3ccc(OC)c(-n4ccc(=O)[nH]c4=O)c3)CC2)CC1. The van der Waals surface area contributed by atoms with Gasteiger partial charge in [0.15, 0.2) is 0 Å². The summed E-state index contributed by atoms with van der Waals surface area (Å²) in [5.74, 6) is 1.20. The maximum atomic E-state index is 13.5. The molecule has 2 amide bonds.